The zero-order valence-corrected chi connectivity index (χ0v) is 16.0. The standard InChI is InChI=1S/C20H24ClFN2O2/c1-15(16-7-9-18(22)10-8-16)24(3)20(25)14-23(2)11-12-26-19-6-4-5-17(21)13-19/h4-10,13,15H,11-12,14H2,1-3H3. The van der Waals surface area contributed by atoms with Crippen LogP contribution in [0, 0.1) is 5.82 Å². The van der Waals surface area contributed by atoms with Crippen molar-refractivity contribution in [2.24, 2.45) is 0 Å². The van der Waals surface area contributed by atoms with E-state index in [-0.39, 0.29) is 24.3 Å². The van der Waals surface area contributed by atoms with Crippen molar-refractivity contribution >= 4 is 17.5 Å². The second-order valence-electron chi connectivity index (χ2n) is 6.28. The first-order valence-corrected chi connectivity index (χ1v) is 8.82. The van der Waals surface area contributed by atoms with E-state index in [1.807, 2.05) is 31.0 Å². The van der Waals surface area contributed by atoms with Crippen molar-refractivity contribution in [2.75, 3.05) is 33.8 Å². The Morgan fingerprint density at radius 2 is 1.88 bits per heavy atom. The summed E-state index contributed by atoms with van der Waals surface area (Å²) in [5.74, 6) is 0.417. The molecule has 0 saturated carbocycles. The van der Waals surface area contributed by atoms with E-state index >= 15 is 0 Å². The molecular formula is C20H24ClFN2O2. The maximum Gasteiger partial charge on any atom is 0.236 e. The Kier molecular flexibility index (Phi) is 7.42. The first kappa shape index (κ1) is 20.2. The van der Waals surface area contributed by atoms with Crippen molar-refractivity contribution in [1.29, 1.82) is 0 Å². The van der Waals surface area contributed by atoms with Gasteiger partial charge in [-0.15, -0.1) is 0 Å². The van der Waals surface area contributed by atoms with Crippen LogP contribution in [0.1, 0.15) is 18.5 Å². The number of rotatable bonds is 8. The van der Waals surface area contributed by atoms with Gasteiger partial charge >= 0.3 is 0 Å². The monoisotopic (exact) mass is 378 g/mol. The fourth-order valence-corrected chi connectivity index (χ4v) is 2.66. The third-order valence-electron chi connectivity index (χ3n) is 4.27. The van der Waals surface area contributed by atoms with Crippen molar-refractivity contribution < 1.29 is 13.9 Å². The molecule has 26 heavy (non-hydrogen) atoms. The first-order valence-electron chi connectivity index (χ1n) is 8.45. The molecule has 0 heterocycles. The highest BCUT2D eigenvalue weighted by Gasteiger charge is 2.18. The Labute approximate surface area is 159 Å². The van der Waals surface area contributed by atoms with Crippen LogP contribution in [-0.2, 0) is 4.79 Å². The average molecular weight is 379 g/mol. The minimum absolute atomic E-state index is 0.00733. The van der Waals surface area contributed by atoms with Crippen LogP contribution >= 0.6 is 11.6 Å². The predicted octanol–water partition coefficient (Wildman–Crippen LogP) is 4.01. The lowest BCUT2D eigenvalue weighted by molar-refractivity contribution is -0.132. The number of nitrogens with zero attached hydrogens (tertiary/aromatic N) is 2. The number of hydrogen-bond donors (Lipinski definition) is 0. The average Bonchev–Trinajstić information content (AvgIpc) is 2.61. The summed E-state index contributed by atoms with van der Waals surface area (Å²) in [7, 11) is 3.63. The fourth-order valence-electron chi connectivity index (χ4n) is 2.48. The molecule has 1 atom stereocenters. The van der Waals surface area contributed by atoms with E-state index in [9.17, 15) is 9.18 Å². The summed E-state index contributed by atoms with van der Waals surface area (Å²) < 4.78 is 18.7. The lowest BCUT2D eigenvalue weighted by Gasteiger charge is -2.27. The molecule has 0 radical (unpaired) electrons. The number of benzene rings is 2. The smallest absolute Gasteiger partial charge is 0.236 e. The Balaban J connectivity index is 1.79. The van der Waals surface area contributed by atoms with Gasteiger partial charge < -0.3 is 9.64 Å². The minimum atomic E-state index is -0.283. The molecule has 0 N–H and O–H groups in total. The third kappa shape index (κ3) is 6.00. The lowest BCUT2D eigenvalue weighted by atomic mass is 10.1. The summed E-state index contributed by atoms with van der Waals surface area (Å²) in [6.07, 6.45) is 0. The van der Waals surface area contributed by atoms with E-state index in [0.717, 1.165) is 5.56 Å². The Morgan fingerprint density at radius 1 is 1.19 bits per heavy atom. The van der Waals surface area contributed by atoms with Crippen molar-refractivity contribution in [3.63, 3.8) is 0 Å². The second-order valence-corrected chi connectivity index (χ2v) is 6.71. The van der Waals surface area contributed by atoms with Crippen LogP contribution in [0.2, 0.25) is 5.02 Å². The fraction of sp³-hybridized carbons (Fsp3) is 0.350. The number of halogens is 2. The van der Waals surface area contributed by atoms with E-state index in [4.69, 9.17) is 16.3 Å². The molecule has 0 fully saturated rings. The molecule has 4 nitrogen and oxygen atoms in total. The van der Waals surface area contributed by atoms with Crippen molar-refractivity contribution in [2.45, 2.75) is 13.0 Å². The number of ether oxygens (including phenoxy) is 1. The van der Waals surface area contributed by atoms with Gasteiger partial charge in [-0.25, -0.2) is 4.39 Å². The molecular weight excluding hydrogens is 355 g/mol. The second kappa shape index (κ2) is 9.55. The summed E-state index contributed by atoms with van der Waals surface area (Å²) in [5.41, 5.74) is 0.897. The minimum Gasteiger partial charge on any atom is -0.492 e. The van der Waals surface area contributed by atoms with E-state index < -0.39 is 0 Å². The molecule has 140 valence electrons. The number of carbonyl (C=O) groups is 1. The maximum atomic E-state index is 13.0. The molecule has 0 spiro atoms. The van der Waals surface area contributed by atoms with Gasteiger partial charge in [-0.3, -0.25) is 9.69 Å². The molecule has 0 aliphatic rings. The van der Waals surface area contributed by atoms with Crippen LogP contribution in [0.3, 0.4) is 0 Å². The summed E-state index contributed by atoms with van der Waals surface area (Å²) in [6, 6.07) is 13.3. The Morgan fingerprint density at radius 3 is 2.54 bits per heavy atom. The van der Waals surface area contributed by atoms with Gasteiger partial charge in [0.05, 0.1) is 12.6 Å². The summed E-state index contributed by atoms with van der Waals surface area (Å²) >= 11 is 5.92. The highest BCUT2D eigenvalue weighted by Crippen LogP contribution is 2.19. The first-order chi connectivity index (χ1) is 12.4. The quantitative estimate of drug-likeness (QED) is 0.695. The van der Waals surface area contributed by atoms with E-state index in [0.29, 0.717) is 23.9 Å². The molecule has 6 heteroatoms. The summed E-state index contributed by atoms with van der Waals surface area (Å²) in [4.78, 5) is 16.0. The van der Waals surface area contributed by atoms with Gasteiger partial charge in [0.25, 0.3) is 0 Å². The van der Waals surface area contributed by atoms with Gasteiger partial charge in [0.15, 0.2) is 0 Å². The zero-order valence-electron chi connectivity index (χ0n) is 15.3. The van der Waals surface area contributed by atoms with Crippen molar-refractivity contribution in [1.82, 2.24) is 9.80 Å². The molecule has 0 aliphatic heterocycles. The van der Waals surface area contributed by atoms with Crippen LogP contribution in [-0.4, -0.2) is 49.5 Å². The van der Waals surface area contributed by atoms with Gasteiger partial charge in [0, 0.05) is 18.6 Å². The zero-order chi connectivity index (χ0) is 19.1. The van der Waals surface area contributed by atoms with E-state index in [2.05, 4.69) is 0 Å². The van der Waals surface area contributed by atoms with Crippen LogP contribution in [0.4, 0.5) is 4.39 Å². The van der Waals surface area contributed by atoms with Crippen molar-refractivity contribution in [3.8, 4) is 5.75 Å². The highest BCUT2D eigenvalue weighted by molar-refractivity contribution is 6.30. The molecule has 0 bridgehead atoms. The van der Waals surface area contributed by atoms with Crippen molar-refractivity contribution in [3.05, 3.63) is 64.9 Å². The molecule has 2 aromatic rings. The number of amides is 1. The number of hydrogen-bond acceptors (Lipinski definition) is 3. The van der Waals surface area contributed by atoms with Gasteiger partial charge in [-0.1, -0.05) is 29.8 Å². The van der Waals surface area contributed by atoms with Crippen LogP contribution in [0.5, 0.6) is 5.75 Å². The topological polar surface area (TPSA) is 32.8 Å². The number of likely N-dealkylation sites (N-methyl/N-ethyl adjacent to an activating group) is 2. The van der Waals surface area contributed by atoms with Gasteiger partial charge in [-0.2, -0.15) is 0 Å². The summed E-state index contributed by atoms with van der Waals surface area (Å²) in [5, 5.41) is 0.627. The molecule has 1 unspecified atom stereocenters. The van der Waals surface area contributed by atoms with Gasteiger partial charge in [0.1, 0.15) is 18.2 Å². The Bertz CT molecular complexity index is 724. The molecule has 0 aromatic heterocycles. The Hall–Kier alpha value is -2.11. The van der Waals surface area contributed by atoms with E-state index in [1.165, 1.54) is 12.1 Å². The highest BCUT2D eigenvalue weighted by atomic mass is 35.5. The lowest BCUT2D eigenvalue weighted by Crippen LogP contribution is -2.39. The van der Waals surface area contributed by atoms with Crippen LogP contribution in [0.15, 0.2) is 48.5 Å². The molecule has 1 amide bonds. The predicted molar refractivity (Wildman–Crippen MR) is 102 cm³/mol. The largest absolute Gasteiger partial charge is 0.492 e. The van der Waals surface area contributed by atoms with Gasteiger partial charge in [0.2, 0.25) is 5.91 Å². The van der Waals surface area contributed by atoms with Crippen LogP contribution < -0.4 is 4.74 Å². The van der Waals surface area contributed by atoms with E-state index in [1.54, 1.807) is 36.2 Å². The van der Waals surface area contributed by atoms with Gasteiger partial charge in [-0.05, 0) is 49.9 Å². The SMILES string of the molecule is CC(c1ccc(F)cc1)N(C)C(=O)CN(C)CCOc1cccc(Cl)c1. The molecule has 0 saturated heterocycles. The molecule has 2 aromatic carbocycles. The third-order valence-corrected chi connectivity index (χ3v) is 4.50. The maximum absolute atomic E-state index is 13.0. The normalized spacial score (nSPS) is 12.1. The number of carbonyl (C=O) groups excluding carboxylic acids is 1. The van der Waals surface area contributed by atoms with Crippen LogP contribution in [0.25, 0.3) is 0 Å². The summed E-state index contributed by atoms with van der Waals surface area (Å²) in [6.45, 7) is 3.27. The molecule has 2 rings (SSSR count). The molecule has 0 aliphatic carbocycles.